The SMILES string of the molecule is Cc1cnccc1CCNC(=O)c1cn(C)nc1C(F)(F)F. The Morgan fingerprint density at radius 3 is 2.77 bits per heavy atom. The van der Waals surface area contributed by atoms with Crippen molar-refractivity contribution in [3.63, 3.8) is 0 Å². The predicted octanol–water partition coefficient (Wildman–Crippen LogP) is 2.11. The van der Waals surface area contributed by atoms with Crippen LogP contribution in [0.5, 0.6) is 0 Å². The van der Waals surface area contributed by atoms with E-state index in [2.05, 4.69) is 15.4 Å². The number of hydrogen-bond donors (Lipinski definition) is 1. The molecular formula is C14H15F3N4O. The van der Waals surface area contributed by atoms with Crippen molar-refractivity contribution in [2.75, 3.05) is 6.54 Å². The Kier molecular flexibility index (Phi) is 4.48. The van der Waals surface area contributed by atoms with Crippen molar-refractivity contribution < 1.29 is 18.0 Å². The summed E-state index contributed by atoms with van der Waals surface area (Å²) in [5, 5.41) is 5.79. The van der Waals surface area contributed by atoms with Crippen LogP contribution in [0.4, 0.5) is 13.2 Å². The Bertz CT molecular complexity index is 679. The topological polar surface area (TPSA) is 59.8 Å². The van der Waals surface area contributed by atoms with Crippen LogP contribution in [0.1, 0.15) is 27.2 Å². The lowest BCUT2D eigenvalue weighted by molar-refractivity contribution is -0.141. The lowest BCUT2D eigenvalue weighted by atomic mass is 10.1. The summed E-state index contributed by atoms with van der Waals surface area (Å²) in [6, 6.07) is 1.81. The molecule has 2 aromatic rings. The first-order chi connectivity index (χ1) is 10.3. The summed E-state index contributed by atoms with van der Waals surface area (Å²) in [5.41, 5.74) is 0.306. The number of aromatic nitrogens is 3. The third-order valence-electron chi connectivity index (χ3n) is 3.16. The Labute approximate surface area is 125 Å². The summed E-state index contributed by atoms with van der Waals surface area (Å²) >= 11 is 0. The van der Waals surface area contributed by atoms with E-state index in [1.54, 1.807) is 12.4 Å². The van der Waals surface area contributed by atoms with E-state index in [4.69, 9.17) is 0 Å². The molecule has 0 spiro atoms. The van der Waals surface area contributed by atoms with E-state index in [0.717, 1.165) is 22.0 Å². The van der Waals surface area contributed by atoms with Crippen molar-refractivity contribution >= 4 is 5.91 Å². The molecule has 0 atom stereocenters. The maximum absolute atomic E-state index is 12.8. The number of carbonyl (C=O) groups is 1. The zero-order chi connectivity index (χ0) is 16.3. The molecule has 2 heterocycles. The van der Waals surface area contributed by atoms with Crippen LogP contribution in [0.25, 0.3) is 0 Å². The third kappa shape index (κ3) is 3.63. The number of nitrogens with zero attached hydrogens (tertiary/aromatic N) is 3. The molecule has 22 heavy (non-hydrogen) atoms. The lowest BCUT2D eigenvalue weighted by Gasteiger charge is -2.08. The summed E-state index contributed by atoms with van der Waals surface area (Å²) in [7, 11) is 1.34. The second-order valence-corrected chi connectivity index (χ2v) is 4.87. The van der Waals surface area contributed by atoms with Gasteiger partial charge in [0.25, 0.3) is 5.91 Å². The number of nitrogens with one attached hydrogen (secondary N) is 1. The highest BCUT2D eigenvalue weighted by Gasteiger charge is 2.38. The van der Waals surface area contributed by atoms with E-state index >= 15 is 0 Å². The minimum Gasteiger partial charge on any atom is -0.352 e. The molecule has 0 aromatic carbocycles. The molecule has 118 valence electrons. The number of aryl methyl sites for hydroxylation is 2. The van der Waals surface area contributed by atoms with Gasteiger partial charge in [-0.15, -0.1) is 0 Å². The molecule has 0 fully saturated rings. The standard InChI is InChI=1S/C14H15F3N4O/c1-9-7-18-5-3-10(9)4-6-19-13(22)11-8-21(2)20-12(11)14(15,16)17/h3,5,7-8H,4,6H2,1-2H3,(H,19,22). The van der Waals surface area contributed by atoms with Crippen molar-refractivity contribution in [3.8, 4) is 0 Å². The van der Waals surface area contributed by atoms with Crippen LogP contribution < -0.4 is 5.32 Å². The van der Waals surface area contributed by atoms with E-state index in [1.165, 1.54) is 7.05 Å². The van der Waals surface area contributed by atoms with Gasteiger partial charge < -0.3 is 5.32 Å². The lowest BCUT2D eigenvalue weighted by Crippen LogP contribution is -2.27. The summed E-state index contributed by atoms with van der Waals surface area (Å²) < 4.78 is 39.4. The van der Waals surface area contributed by atoms with Crippen LogP contribution in [0, 0.1) is 6.92 Å². The number of rotatable bonds is 4. The van der Waals surface area contributed by atoms with Gasteiger partial charge in [0.05, 0.1) is 5.56 Å². The van der Waals surface area contributed by atoms with Crippen LogP contribution in [0.3, 0.4) is 0 Å². The third-order valence-corrected chi connectivity index (χ3v) is 3.16. The first-order valence-electron chi connectivity index (χ1n) is 6.57. The van der Waals surface area contributed by atoms with Gasteiger partial charge >= 0.3 is 6.18 Å². The molecule has 0 aliphatic rings. The Hall–Kier alpha value is -2.38. The molecule has 0 bridgehead atoms. The number of hydrogen-bond acceptors (Lipinski definition) is 3. The average molecular weight is 312 g/mol. The van der Waals surface area contributed by atoms with Gasteiger partial charge in [0.1, 0.15) is 0 Å². The highest BCUT2D eigenvalue weighted by Crippen LogP contribution is 2.30. The molecule has 0 radical (unpaired) electrons. The van der Waals surface area contributed by atoms with E-state index in [1.807, 2.05) is 13.0 Å². The molecule has 0 saturated heterocycles. The van der Waals surface area contributed by atoms with Gasteiger partial charge in [0.15, 0.2) is 5.69 Å². The highest BCUT2D eigenvalue weighted by atomic mass is 19.4. The number of amides is 1. The van der Waals surface area contributed by atoms with Crippen molar-refractivity contribution in [2.45, 2.75) is 19.5 Å². The quantitative estimate of drug-likeness (QED) is 0.940. The van der Waals surface area contributed by atoms with E-state index in [0.29, 0.717) is 6.42 Å². The zero-order valence-corrected chi connectivity index (χ0v) is 12.1. The normalized spacial score (nSPS) is 11.5. The molecule has 0 saturated carbocycles. The Morgan fingerprint density at radius 1 is 1.41 bits per heavy atom. The van der Waals surface area contributed by atoms with E-state index in [-0.39, 0.29) is 6.54 Å². The molecule has 1 amide bonds. The Balaban J connectivity index is 2.03. The van der Waals surface area contributed by atoms with E-state index in [9.17, 15) is 18.0 Å². The summed E-state index contributed by atoms with van der Waals surface area (Å²) in [4.78, 5) is 15.9. The van der Waals surface area contributed by atoms with Crippen LogP contribution in [0.15, 0.2) is 24.7 Å². The highest BCUT2D eigenvalue weighted by molar-refractivity contribution is 5.95. The van der Waals surface area contributed by atoms with Gasteiger partial charge in [-0.05, 0) is 30.5 Å². The van der Waals surface area contributed by atoms with Crippen LogP contribution >= 0.6 is 0 Å². The molecule has 8 heteroatoms. The molecular weight excluding hydrogens is 297 g/mol. The van der Waals surface area contributed by atoms with Crippen molar-refractivity contribution in [1.82, 2.24) is 20.1 Å². The Morgan fingerprint density at radius 2 is 2.14 bits per heavy atom. The number of pyridine rings is 1. The minimum absolute atomic E-state index is 0.232. The molecule has 1 N–H and O–H groups in total. The maximum Gasteiger partial charge on any atom is 0.435 e. The molecule has 0 aliphatic heterocycles. The monoisotopic (exact) mass is 312 g/mol. The fourth-order valence-electron chi connectivity index (χ4n) is 2.05. The fraction of sp³-hybridized carbons (Fsp3) is 0.357. The van der Waals surface area contributed by atoms with Crippen molar-refractivity contribution in [3.05, 3.63) is 47.0 Å². The second kappa shape index (κ2) is 6.17. The maximum atomic E-state index is 12.8. The summed E-state index contributed by atoms with van der Waals surface area (Å²) in [6.45, 7) is 2.11. The summed E-state index contributed by atoms with van der Waals surface area (Å²) in [5.74, 6) is -0.785. The van der Waals surface area contributed by atoms with Gasteiger partial charge in [-0.3, -0.25) is 14.5 Å². The number of alkyl halides is 3. The van der Waals surface area contributed by atoms with Gasteiger partial charge in [-0.2, -0.15) is 18.3 Å². The fourth-order valence-corrected chi connectivity index (χ4v) is 2.05. The summed E-state index contributed by atoms with van der Waals surface area (Å²) in [6.07, 6.45) is 0.250. The second-order valence-electron chi connectivity index (χ2n) is 4.87. The first kappa shape index (κ1) is 16.0. The molecule has 0 aliphatic carbocycles. The van der Waals surface area contributed by atoms with Crippen LogP contribution in [-0.4, -0.2) is 27.2 Å². The molecule has 2 aromatic heterocycles. The van der Waals surface area contributed by atoms with Gasteiger partial charge in [-0.1, -0.05) is 0 Å². The van der Waals surface area contributed by atoms with Crippen molar-refractivity contribution in [1.29, 1.82) is 0 Å². The minimum atomic E-state index is -4.66. The first-order valence-corrected chi connectivity index (χ1v) is 6.57. The smallest absolute Gasteiger partial charge is 0.352 e. The number of carbonyl (C=O) groups excluding carboxylic acids is 1. The van der Waals surface area contributed by atoms with E-state index < -0.39 is 23.3 Å². The van der Waals surface area contributed by atoms with Gasteiger partial charge in [-0.25, -0.2) is 0 Å². The van der Waals surface area contributed by atoms with Gasteiger partial charge in [0.2, 0.25) is 0 Å². The van der Waals surface area contributed by atoms with Crippen molar-refractivity contribution in [2.24, 2.45) is 7.05 Å². The van der Waals surface area contributed by atoms with Crippen LogP contribution in [-0.2, 0) is 19.6 Å². The van der Waals surface area contributed by atoms with Gasteiger partial charge in [0, 0.05) is 32.2 Å². The molecule has 2 rings (SSSR count). The molecule has 5 nitrogen and oxygen atoms in total. The zero-order valence-electron chi connectivity index (χ0n) is 12.1. The average Bonchev–Trinajstić information content (AvgIpc) is 2.83. The molecule has 0 unspecified atom stereocenters. The van der Waals surface area contributed by atoms with Crippen LogP contribution in [0.2, 0.25) is 0 Å². The predicted molar refractivity (Wildman–Crippen MR) is 73.2 cm³/mol. The largest absolute Gasteiger partial charge is 0.435 e. The number of halogens is 3.